The fraction of sp³-hybridized carbons (Fsp3) is 0.696. The van der Waals surface area contributed by atoms with Crippen molar-refractivity contribution in [3.05, 3.63) is 23.3 Å². The van der Waals surface area contributed by atoms with Crippen LogP contribution in [0.2, 0.25) is 0 Å². The zero-order chi connectivity index (χ0) is 21.1. The Labute approximate surface area is 167 Å². The highest BCUT2D eigenvalue weighted by Gasteiger charge is 2.76. The third-order valence-electron chi connectivity index (χ3n) is 7.82. The first kappa shape index (κ1) is 20.8. The topological polar surface area (TPSA) is 69.7 Å². The lowest BCUT2D eigenvalue weighted by Gasteiger charge is -2.39. The maximum Gasteiger partial charge on any atom is 0.351 e. The Bertz CT molecular complexity index is 800. The number of carbonyl (C=O) groups excluding carboxylic acids is 3. The molecule has 3 atom stereocenters. The quantitative estimate of drug-likeness (QED) is 0.530. The van der Waals surface area contributed by atoms with E-state index in [0.29, 0.717) is 19.3 Å². The van der Waals surface area contributed by atoms with Crippen LogP contribution in [0.4, 0.5) is 0 Å². The molecule has 2 bridgehead atoms. The molecule has 2 aliphatic carbocycles. The number of allylic oxidation sites excluding steroid dienone is 3. The Balaban J connectivity index is 1.90. The molecule has 1 saturated heterocycles. The highest BCUT2D eigenvalue weighted by Crippen LogP contribution is 2.66. The minimum Gasteiger partial charge on any atom is -0.455 e. The summed E-state index contributed by atoms with van der Waals surface area (Å²) >= 11 is 0. The molecule has 0 N–H and O–H groups in total. The van der Waals surface area contributed by atoms with Gasteiger partial charge < -0.3 is 9.47 Å². The zero-order valence-corrected chi connectivity index (χ0v) is 18.1. The van der Waals surface area contributed by atoms with E-state index in [-0.39, 0.29) is 23.3 Å². The molecule has 0 spiro atoms. The molecular weight excluding hydrogens is 356 g/mol. The van der Waals surface area contributed by atoms with Gasteiger partial charge in [-0.15, -0.1) is 0 Å². The van der Waals surface area contributed by atoms with Gasteiger partial charge in [0, 0.05) is 5.41 Å². The Morgan fingerprint density at radius 1 is 1.11 bits per heavy atom. The summed E-state index contributed by atoms with van der Waals surface area (Å²) < 4.78 is 11.6. The van der Waals surface area contributed by atoms with E-state index in [1.54, 1.807) is 6.08 Å². The number of ether oxygens (including phenoxy) is 2. The van der Waals surface area contributed by atoms with Crippen molar-refractivity contribution in [3.8, 4) is 0 Å². The van der Waals surface area contributed by atoms with Crippen molar-refractivity contribution >= 4 is 17.7 Å². The molecule has 0 aromatic rings. The van der Waals surface area contributed by atoms with Crippen LogP contribution >= 0.6 is 0 Å². The van der Waals surface area contributed by atoms with E-state index in [9.17, 15) is 14.4 Å². The highest BCUT2D eigenvalue weighted by molar-refractivity contribution is 5.93. The van der Waals surface area contributed by atoms with Crippen LogP contribution in [0.15, 0.2) is 23.3 Å². The summed E-state index contributed by atoms with van der Waals surface area (Å²) in [5.41, 5.74) is -0.577. The normalized spacial score (nSPS) is 36.0. The second kappa shape index (κ2) is 6.30. The van der Waals surface area contributed by atoms with Crippen molar-refractivity contribution < 1.29 is 23.9 Å². The van der Waals surface area contributed by atoms with Crippen molar-refractivity contribution in [3.63, 3.8) is 0 Å². The lowest BCUT2D eigenvalue weighted by atomic mass is 9.66. The summed E-state index contributed by atoms with van der Waals surface area (Å²) in [5, 5.41) is 0. The molecule has 5 nitrogen and oxygen atoms in total. The first-order valence-corrected chi connectivity index (χ1v) is 10.1. The third kappa shape index (κ3) is 2.69. The molecule has 1 aliphatic heterocycles. The molecule has 0 aromatic carbocycles. The van der Waals surface area contributed by atoms with Crippen LogP contribution in [0.5, 0.6) is 0 Å². The Morgan fingerprint density at radius 3 is 2.25 bits per heavy atom. The van der Waals surface area contributed by atoms with Crippen molar-refractivity contribution in [2.24, 2.45) is 16.2 Å². The Morgan fingerprint density at radius 2 is 1.75 bits per heavy atom. The molecular formula is C23H32O5. The summed E-state index contributed by atoms with van der Waals surface area (Å²) in [6.07, 6.45) is 5.72. The molecule has 154 valence electrons. The number of fused-ring (bicyclic) bond motifs is 2. The molecule has 0 amide bonds. The second-order valence-electron chi connectivity index (χ2n) is 10.0. The summed E-state index contributed by atoms with van der Waals surface area (Å²) in [7, 11) is 0. The first-order chi connectivity index (χ1) is 12.8. The molecule has 3 aliphatic rings. The molecule has 0 radical (unpaired) electrons. The fourth-order valence-corrected chi connectivity index (χ4v) is 5.18. The average molecular weight is 389 g/mol. The number of hydrogen-bond acceptors (Lipinski definition) is 5. The van der Waals surface area contributed by atoms with Gasteiger partial charge in [-0.25, -0.2) is 4.79 Å². The van der Waals surface area contributed by atoms with Gasteiger partial charge in [0.2, 0.25) is 5.60 Å². The first-order valence-electron chi connectivity index (χ1n) is 10.1. The van der Waals surface area contributed by atoms with Crippen LogP contribution < -0.4 is 0 Å². The van der Waals surface area contributed by atoms with E-state index in [4.69, 9.17) is 9.47 Å². The lowest BCUT2D eigenvalue weighted by molar-refractivity contribution is -0.186. The van der Waals surface area contributed by atoms with E-state index in [1.807, 2.05) is 33.8 Å². The molecule has 3 unspecified atom stereocenters. The minimum atomic E-state index is -1.21. The molecule has 1 saturated carbocycles. The van der Waals surface area contributed by atoms with E-state index in [0.717, 1.165) is 17.6 Å². The molecule has 2 fully saturated rings. The summed E-state index contributed by atoms with van der Waals surface area (Å²) in [5.74, 6) is -0.757. The summed E-state index contributed by atoms with van der Waals surface area (Å²) in [4.78, 5) is 37.1. The fourth-order valence-electron chi connectivity index (χ4n) is 5.18. The number of hydrogen-bond donors (Lipinski definition) is 0. The van der Waals surface area contributed by atoms with Crippen molar-refractivity contribution in [2.75, 3.05) is 0 Å². The maximum atomic E-state index is 13.3. The molecule has 3 rings (SSSR count). The predicted octanol–water partition coefficient (Wildman–Crippen LogP) is 4.30. The molecule has 28 heavy (non-hydrogen) atoms. The van der Waals surface area contributed by atoms with Gasteiger partial charge >= 0.3 is 11.9 Å². The molecule has 5 heteroatoms. The van der Waals surface area contributed by atoms with Gasteiger partial charge in [-0.3, -0.25) is 9.59 Å². The molecule has 0 aromatic heterocycles. The summed E-state index contributed by atoms with van der Waals surface area (Å²) in [6, 6.07) is 0. The predicted molar refractivity (Wildman–Crippen MR) is 105 cm³/mol. The van der Waals surface area contributed by atoms with Gasteiger partial charge in [-0.05, 0) is 69.1 Å². The van der Waals surface area contributed by atoms with E-state index in [1.165, 1.54) is 6.92 Å². The van der Waals surface area contributed by atoms with Crippen LogP contribution in [0, 0.1) is 16.2 Å². The SMILES string of the molecule is CC(=O)/C=C/C1=C(C)C(OC(=O)C23CCC(C)(C(=O)O2)C3(C)C)CCC1(C)C. The van der Waals surface area contributed by atoms with Crippen molar-refractivity contribution in [2.45, 2.75) is 85.9 Å². The van der Waals surface area contributed by atoms with Gasteiger partial charge in [-0.2, -0.15) is 0 Å². The van der Waals surface area contributed by atoms with Crippen LogP contribution in [-0.2, 0) is 23.9 Å². The monoisotopic (exact) mass is 388 g/mol. The van der Waals surface area contributed by atoms with Crippen LogP contribution in [0.3, 0.4) is 0 Å². The van der Waals surface area contributed by atoms with Crippen molar-refractivity contribution in [1.29, 1.82) is 0 Å². The smallest absolute Gasteiger partial charge is 0.351 e. The van der Waals surface area contributed by atoms with Gasteiger partial charge in [0.15, 0.2) is 5.78 Å². The zero-order valence-electron chi connectivity index (χ0n) is 18.1. The Hall–Kier alpha value is -1.91. The van der Waals surface area contributed by atoms with Crippen LogP contribution in [0.25, 0.3) is 0 Å². The van der Waals surface area contributed by atoms with E-state index >= 15 is 0 Å². The maximum absolute atomic E-state index is 13.3. The second-order valence-corrected chi connectivity index (χ2v) is 10.0. The number of carbonyl (C=O) groups is 3. The van der Waals surface area contributed by atoms with Gasteiger partial charge in [-0.1, -0.05) is 33.8 Å². The lowest BCUT2D eigenvalue weighted by Crippen LogP contribution is -2.50. The van der Waals surface area contributed by atoms with Gasteiger partial charge in [0.1, 0.15) is 6.10 Å². The Kier molecular flexibility index (Phi) is 4.68. The van der Waals surface area contributed by atoms with Crippen LogP contribution in [-0.4, -0.2) is 29.4 Å². The summed E-state index contributed by atoms with van der Waals surface area (Å²) in [6.45, 7) is 13.5. The third-order valence-corrected chi connectivity index (χ3v) is 7.82. The standard InChI is InChI=1S/C23H32O5/c1-14(24)8-9-16-15(2)17(10-11-20(16,3)4)27-19(26)23-13-12-22(7,18(25)28-23)21(23,5)6/h8-9,17H,10-13H2,1-7H3/b9-8+. The number of ketones is 1. The molecule has 1 heterocycles. The van der Waals surface area contributed by atoms with Crippen LogP contribution in [0.1, 0.15) is 74.1 Å². The average Bonchev–Trinajstić information content (AvgIpc) is 2.87. The van der Waals surface area contributed by atoms with E-state index in [2.05, 4.69) is 13.8 Å². The largest absolute Gasteiger partial charge is 0.455 e. The van der Waals surface area contributed by atoms with Gasteiger partial charge in [0.25, 0.3) is 0 Å². The van der Waals surface area contributed by atoms with Crippen molar-refractivity contribution in [1.82, 2.24) is 0 Å². The number of rotatable bonds is 4. The number of esters is 2. The van der Waals surface area contributed by atoms with E-state index < -0.39 is 22.4 Å². The van der Waals surface area contributed by atoms with Gasteiger partial charge in [0.05, 0.1) is 5.41 Å². The minimum absolute atomic E-state index is 0.0148. The highest BCUT2D eigenvalue weighted by atomic mass is 16.6.